The number of rotatable bonds is 3. The van der Waals surface area contributed by atoms with Crippen LogP contribution in [0.5, 0.6) is 0 Å². The van der Waals surface area contributed by atoms with Gasteiger partial charge in [0.2, 0.25) is 10.0 Å². The van der Waals surface area contributed by atoms with E-state index in [0.29, 0.717) is 0 Å². The lowest BCUT2D eigenvalue weighted by Crippen LogP contribution is -2.30. The van der Waals surface area contributed by atoms with Crippen molar-refractivity contribution in [2.75, 3.05) is 12.8 Å². The van der Waals surface area contributed by atoms with Gasteiger partial charge in [0, 0.05) is 7.05 Å². The Morgan fingerprint density at radius 2 is 1.76 bits per heavy atom. The second-order valence-corrected chi connectivity index (χ2v) is 7.28. The Morgan fingerprint density at radius 3 is 2.52 bits per heavy atom. The monoisotopic (exact) mass is 302 g/mol. The Hall–Kier alpha value is -1.85. The van der Waals surface area contributed by atoms with Crippen LogP contribution in [0.4, 0.5) is 5.69 Å². The average Bonchev–Trinajstić information content (AvgIpc) is 2.90. The lowest BCUT2D eigenvalue weighted by molar-refractivity contribution is 0.374. The molecule has 0 saturated carbocycles. The highest BCUT2D eigenvalue weighted by Crippen LogP contribution is 2.38. The van der Waals surface area contributed by atoms with E-state index in [1.165, 1.54) is 9.87 Å². The van der Waals surface area contributed by atoms with Gasteiger partial charge in [-0.25, -0.2) is 8.42 Å². The average molecular weight is 302 g/mol. The molecule has 1 aliphatic rings. The molecule has 0 saturated heterocycles. The molecule has 0 amide bonds. The summed E-state index contributed by atoms with van der Waals surface area (Å²) in [5.41, 5.74) is 8.44. The molecule has 2 aromatic carbocycles. The molecule has 0 fully saturated rings. The number of nitrogens with two attached hydrogens (primary N) is 1. The smallest absolute Gasteiger partial charge is 0.245 e. The van der Waals surface area contributed by atoms with Gasteiger partial charge in [0.05, 0.1) is 11.7 Å². The summed E-state index contributed by atoms with van der Waals surface area (Å²) < 4.78 is 27.0. The first-order chi connectivity index (χ1) is 10.0. The molecule has 21 heavy (non-hydrogen) atoms. The third kappa shape index (κ3) is 2.32. The summed E-state index contributed by atoms with van der Waals surface area (Å²) in [6.45, 7) is 0. The predicted octanol–water partition coefficient (Wildman–Crippen LogP) is 2.58. The number of hydrogen-bond donors (Lipinski definition) is 1. The van der Waals surface area contributed by atoms with Crippen molar-refractivity contribution in [3.8, 4) is 0 Å². The molecule has 1 atom stereocenters. The topological polar surface area (TPSA) is 63.4 Å². The fraction of sp³-hybridized carbons (Fsp3) is 0.250. The highest BCUT2D eigenvalue weighted by molar-refractivity contribution is 7.89. The number of anilines is 1. The van der Waals surface area contributed by atoms with Crippen molar-refractivity contribution in [3.63, 3.8) is 0 Å². The zero-order valence-electron chi connectivity index (χ0n) is 11.9. The first-order valence-corrected chi connectivity index (χ1v) is 8.36. The van der Waals surface area contributed by atoms with Crippen molar-refractivity contribution < 1.29 is 8.42 Å². The minimum Gasteiger partial charge on any atom is -0.398 e. The molecular weight excluding hydrogens is 284 g/mol. The zero-order chi connectivity index (χ0) is 15.0. The van der Waals surface area contributed by atoms with Crippen LogP contribution in [0, 0.1) is 0 Å². The van der Waals surface area contributed by atoms with E-state index < -0.39 is 10.0 Å². The number of benzene rings is 2. The highest BCUT2D eigenvalue weighted by atomic mass is 32.2. The largest absolute Gasteiger partial charge is 0.398 e. The van der Waals surface area contributed by atoms with Crippen LogP contribution >= 0.6 is 0 Å². The van der Waals surface area contributed by atoms with Crippen LogP contribution < -0.4 is 5.73 Å². The zero-order valence-corrected chi connectivity index (χ0v) is 12.7. The normalized spacial score (nSPS) is 17.9. The third-order valence-corrected chi connectivity index (χ3v) is 6.06. The van der Waals surface area contributed by atoms with Crippen molar-refractivity contribution >= 4 is 15.7 Å². The van der Waals surface area contributed by atoms with Crippen molar-refractivity contribution in [1.29, 1.82) is 0 Å². The van der Waals surface area contributed by atoms with Crippen molar-refractivity contribution in [3.05, 3.63) is 59.7 Å². The molecule has 1 aliphatic carbocycles. The maximum atomic E-state index is 12.8. The first-order valence-electron chi connectivity index (χ1n) is 6.92. The van der Waals surface area contributed by atoms with Gasteiger partial charge in [-0.2, -0.15) is 4.31 Å². The van der Waals surface area contributed by atoms with Crippen LogP contribution in [0.25, 0.3) is 0 Å². The third-order valence-electron chi connectivity index (χ3n) is 4.12. The van der Waals surface area contributed by atoms with E-state index in [2.05, 4.69) is 6.07 Å². The molecule has 110 valence electrons. The maximum absolute atomic E-state index is 12.8. The molecule has 0 aliphatic heterocycles. The number of fused-ring (bicyclic) bond motifs is 1. The van der Waals surface area contributed by atoms with E-state index >= 15 is 0 Å². The molecule has 0 radical (unpaired) electrons. The van der Waals surface area contributed by atoms with Gasteiger partial charge < -0.3 is 5.73 Å². The Morgan fingerprint density at radius 1 is 1.10 bits per heavy atom. The number of nitrogen functional groups attached to an aromatic ring is 1. The lowest BCUT2D eigenvalue weighted by atomic mass is 10.1. The fourth-order valence-electron chi connectivity index (χ4n) is 2.95. The summed E-state index contributed by atoms with van der Waals surface area (Å²) in [7, 11) is -1.95. The Labute approximate surface area is 125 Å². The highest BCUT2D eigenvalue weighted by Gasteiger charge is 2.34. The number of nitrogens with zero attached hydrogens (tertiary/aromatic N) is 1. The molecule has 5 heteroatoms. The summed E-state index contributed by atoms with van der Waals surface area (Å²) in [5, 5.41) is 0. The molecule has 4 nitrogen and oxygen atoms in total. The summed E-state index contributed by atoms with van der Waals surface area (Å²) in [6, 6.07) is 14.5. The quantitative estimate of drug-likeness (QED) is 0.886. The predicted molar refractivity (Wildman–Crippen MR) is 83.3 cm³/mol. The molecule has 1 unspecified atom stereocenters. The van der Waals surface area contributed by atoms with E-state index in [0.717, 1.165) is 18.4 Å². The summed E-state index contributed by atoms with van der Waals surface area (Å²) in [5.74, 6) is 0. The van der Waals surface area contributed by atoms with Crippen molar-refractivity contribution in [2.45, 2.75) is 23.8 Å². The Bertz CT molecular complexity index is 771. The van der Waals surface area contributed by atoms with Gasteiger partial charge in [-0.05, 0) is 36.1 Å². The molecule has 0 spiro atoms. The maximum Gasteiger partial charge on any atom is 0.245 e. The van der Waals surface area contributed by atoms with Crippen LogP contribution in [-0.4, -0.2) is 19.8 Å². The number of hydrogen-bond acceptors (Lipinski definition) is 3. The van der Waals surface area contributed by atoms with E-state index in [1.54, 1.807) is 31.3 Å². The van der Waals surface area contributed by atoms with E-state index in [1.807, 2.05) is 18.2 Å². The van der Waals surface area contributed by atoms with Gasteiger partial charge in [0.1, 0.15) is 4.90 Å². The van der Waals surface area contributed by atoms with E-state index in [-0.39, 0.29) is 16.6 Å². The molecular formula is C16H18N2O2S. The number of aryl methyl sites for hydroxylation is 1. The van der Waals surface area contributed by atoms with Gasteiger partial charge in [0.15, 0.2) is 0 Å². The minimum atomic E-state index is -3.59. The SMILES string of the molecule is CN(C1CCc2ccccc21)S(=O)(=O)c1ccccc1N. The fourth-order valence-corrected chi connectivity index (χ4v) is 4.43. The number of sulfonamides is 1. The molecule has 0 aromatic heterocycles. The lowest BCUT2D eigenvalue weighted by Gasteiger charge is -2.25. The molecule has 0 heterocycles. The van der Waals surface area contributed by atoms with Crippen LogP contribution in [0.2, 0.25) is 0 Å². The van der Waals surface area contributed by atoms with Gasteiger partial charge in [-0.1, -0.05) is 36.4 Å². The summed E-state index contributed by atoms with van der Waals surface area (Å²) in [4.78, 5) is 0.178. The summed E-state index contributed by atoms with van der Waals surface area (Å²) in [6.07, 6.45) is 1.72. The van der Waals surface area contributed by atoms with Gasteiger partial charge in [0.25, 0.3) is 0 Å². The van der Waals surface area contributed by atoms with Crippen LogP contribution in [-0.2, 0) is 16.4 Å². The van der Waals surface area contributed by atoms with Crippen molar-refractivity contribution in [1.82, 2.24) is 4.31 Å². The number of para-hydroxylation sites is 1. The second kappa shape index (κ2) is 5.16. The Balaban J connectivity index is 2.00. The standard InChI is InChI=1S/C16H18N2O2S/c1-18(15-11-10-12-6-2-3-7-13(12)15)21(19,20)16-9-5-4-8-14(16)17/h2-9,15H,10-11,17H2,1H3. The van der Waals surface area contributed by atoms with Gasteiger partial charge >= 0.3 is 0 Å². The second-order valence-electron chi connectivity index (χ2n) is 5.31. The van der Waals surface area contributed by atoms with Gasteiger partial charge in [-0.3, -0.25) is 0 Å². The first kappa shape index (κ1) is 14.1. The van der Waals surface area contributed by atoms with E-state index in [9.17, 15) is 8.42 Å². The van der Waals surface area contributed by atoms with Crippen molar-refractivity contribution in [2.24, 2.45) is 0 Å². The van der Waals surface area contributed by atoms with Crippen LogP contribution in [0.3, 0.4) is 0 Å². The molecule has 2 N–H and O–H groups in total. The molecule has 2 aromatic rings. The molecule has 0 bridgehead atoms. The minimum absolute atomic E-state index is 0.120. The Kier molecular flexibility index (Phi) is 3.47. The van der Waals surface area contributed by atoms with Crippen LogP contribution in [0.15, 0.2) is 53.4 Å². The molecule has 3 rings (SSSR count). The van der Waals surface area contributed by atoms with Crippen LogP contribution in [0.1, 0.15) is 23.6 Å². The van der Waals surface area contributed by atoms with E-state index in [4.69, 9.17) is 5.73 Å². The summed E-state index contributed by atoms with van der Waals surface area (Å²) >= 11 is 0. The van der Waals surface area contributed by atoms with Gasteiger partial charge in [-0.15, -0.1) is 0 Å².